The standard InChI is InChI=1S/C14H15N3O4S2/c1-3-15-14(20)17-10(18)7-21-13(19)11-8(2)16-12(23-11)9-5-4-6-22-9/h4-6H,3,7H2,1-2H3,(H2,15,17,18,20). The molecule has 0 fully saturated rings. The number of rotatable bonds is 5. The highest BCUT2D eigenvalue weighted by molar-refractivity contribution is 7.22. The number of hydrogen-bond acceptors (Lipinski definition) is 7. The Morgan fingerprint density at radius 3 is 2.78 bits per heavy atom. The molecule has 0 bridgehead atoms. The Balaban J connectivity index is 1.94. The zero-order chi connectivity index (χ0) is 16.8. The van der Waals surface area contributed by atoms with Gasteiger partial charge in [0.25, 0.3) is 5.91 Å². The molecule has 0 saturated carbocycles. The zero-order valence-corrected chi connectivity index (χ0v) is 14.2. The van der Waals surface area contributed by atoms with Gasteiger partial charge in [0, 0.05) is 6.54 Å². The molecule has 122 valence electrons. The van der Waals surface area contributed by atoms with E-state index >= 15 is 0 Å². The van der Waals surface area contributed by atoms with Gasteiger partial charge in [0.05, 0.1) is 10.6 Å². The van der Waals surface area contributed by atoms with E-state index in [-0.39, 0.29) is 0 Å². The third-order valence-corrected chi connectivity index (χ3v) is 4.82. The van der Waals surface area contributed by atoms with Crippen LogP contribution in [0.4, 0.5) is 4.79 Å². The topological polar surface area (TPSA) is 97.4 Å². The average Bonchev–Trinajstić information content (AvgIpc) is 3.14. The maximum atomic E-state index is 12.0. The molecule has 0 atom stereocenters. The molecule has 9 heteroatoms. The molecule has 0 aliphatic carbocycles. The summed E-state index contributed by atoms with van der Waals surface area (Å²) in [7, 11) is 0. The Bertz CT molecular complexity index is 710. The van der Waals surface area contributed by atoms with Crippen LogP contribution in [0.5, 0.6) is 0 Å². The van der Waals surface area contributed by atoms with Gasteiger partial charge in [0.2, 0.25) is 0 Å². The maximum Gasteiger partial charge on any atom is 0.350 e. The highest BCUT2D eigenvalue weighted by atomic mass is 32.1. The van der Waals surface area contributed by atoms with Crippen LogP contribution in [0.2, 0.25) is 0 Å². The predicted octanol–water partition coefficient (Wildman–Crippen LogP) is 2.18. The average molecular weight is 353 g/mol. The summed E-state index contributed by atoms with van der Waals surface area (Å²) in [4.78, 5) is 40.3. The molecule has 0 spiro atoms. The fourth-order valence-electron chi connectivity index (χ4n) is 1.66. The van der Waals surface area contributed by atoms with Crippen LogP contribution in [0.15, 0.2) is 17.5 Å². The van der Waals surface area contributed by atoms with E-state index < -0.39 is 24.5 Å². The second-order valence-electron chi connectivity index (χ2n) is 4.39. The molecular weight excluding hydrogens is 338 g/mol. The minimum Gasteiger partial charge on any atom is -0.451 e. The zero-order valence-electron chi connectivity index (χ0n) is 12.5. The first kappa shape index (κ1) is 17.1. The number of thiazole rings is 1. The first-order chi connectivity index (χ1) is 11.0. The number of aryl methyl sites for hydroxylation is 1. The van der Waals surface area contributed by atoms with E-state index in [0.29, 0.717) is 17.1 Å². The van der Waals surface area contributed by atoms with Crippen molar-refractivity contribution in [3.05, 3.63) is 28.1 Å². The maximum absolute atomic E-state index is 12.0. The molecule has 2 heterocycles. The van der Waals surface area contributed by atoms with Crippen molar-refractivity contribution < 1.29 is 19.1 Å². The fraction of sp³-hybridized carbons (Fsp3) is 0.286. The van der Waals surface area contributed by atoms with Crippen LogP contribution in [0.25, 0.3) is 9.88 Å². The van der Waals surface area contributed by atoms with Crippen molar-refractivity contribution in [2.24, 2.45) is 0 Å². The molecule has 7 nitrogen and oxygen atoms in total. The Kier molecular flexibility index (Phi) is 5.83. The SMILES string of the molecule is CCNC(=O)NC(=O)COC(=O)c1sc(-c2cccs2)nc1C. The monoisotopic (exact) mass is 353 g/mol. The summed E-state index contributed by atoms with van der Waals surface area (Å²) in [5.74, 6) is -1.32. The van der Waals surface area contributed by atoms with E-state index in [4.69, 9.17) is 4.74 Å². The predicted molar refractivity (Wildman–Crippen MR) is 87.7 cm³/mol. The van der Waals surface area contributed by atoms with Crippen molar-refractivity contribution in [1.82, 2.24) is 15.6 Å². The smallest absolute Gasteiger partial charge is 0.350 e. The number of carbonyl (C=O) groups is 3. The van der Waals surface area contributed by atoms with E-state index in [1.807, 2.05) is 17.5 Å². The molecule has 0 aliphatic heterocycles. The Morgan fingerprint density at radius 2 is 2.13 bits per heavy atom. The summed E-state index contributed by atoms with van der Waals surface area (Å²) in [6, 6.07) is 3.20. The number of urea groups is 1. The van der Waals surface area contributed by atoms with Crippen LogP contribution < -0.4 is 10.6 Å². The Morgan fingerprint density at radius 1 is 1.35 bits per heavy atom. The lowest BCUT2D eigenvalue weighted by Crippen LogP contribution is -2.41. The number of imide groups is 1. The van der Waals surface area contributed by atoms with Gasteiger partial charge in [-0.05, 0) is 25.3 Å². The molecule has 23 heavy (non-hydrogen) atoms. The Labute approximate surface area is 140 Å². The second-order valence-corrected chi connectivity index (χ2v) is 6.34. The number of nitrogens with one attached hydrogen (secondary N) is 2. The van der Waals surface area contributed by atoms with Gasteiger partial charge in [0.15, 0.2) is 6.61 Å². The summed E-state index contributed by atoms with van der Waals surface area (Å²) in [5.41, 5.74) is 0.549. The van der Waals surface area contributed by atoms with Crippen molar-refractivity contribution in [2.45, 2.75) is 13.8 Å². The van der Waals surface area contributed by atoms with Crippen LogP contribution in [0.1, 0.15) is 22.3 Å². The van der Waals surface area contributed by atoms with Gasteiger partial charge in [-0.15, -0.1) is 22.7 Å². The number of nitrogens with zero attached hydrogens (tertiary/aromatic N) is 1. The minimum atomic E-state index is -0.690. The number of ether oxygens (including phenoxy) is 1. The number of amides is 3. The Hall–Kier alpha value is -2.26. The number of esters is 1. The summed E-state index contributed by atoms with van der Waals surface area (Å²) >= 11 is 2.74. The quantitative estimate of drug-likeness (QED) is 0.803. The van der Waals surface area contributed by atoms with Gasteiger partial charge >= 0.3 is 12.0 Å². The van der Waals surface area contributed by atoms with Crippen molar-refractivity contribution in [3.63, 3.8) is 0 Å². The summed E-state index contributed by atoms with van der Waals surface area (Å²) in [6.07, 6.45) is 0. The molecule has 0 unspecified atom stereocenters. The number of hydrogen-bond donors (Lipinski definition) is 2. The molecule has 0 aliphatic rings. The van der Waals surface area contributed by atoms with Gasteiger partial charge in [-0.2, -0.15) is 0 Å². The number of carbonyl (C=O) groups excluding carboxylic acids is 3. The van der Waals surface area contributed by atoms with Crippen molar-refractivity contribution in [3.8, 4) is 9.88 Å². The largest absolute Gasteiger partial charge is 0.451 e. The molecule has 0 aromatic carbocycles. The van der Waals surface area contributed by atoms with E-state index in [0.717, 1.165) is 9.88 Å². The van der Waals surface area contributed by atoms with E-state index in [1.54, 1.807) is 13.8 Å². The van der Waals surface area contributed by atoms with E-state index in [9.17, 15) is 14.4 Å². The lowest BCUT2D eigenvalue weighted by molar-refractivity contribution is -0.123. The molecule has 3 amide bonds. The molecule has 2 aromatic rings. The highest BCUT2D eigenvalue weighted by Crippen LogP contribution is 2.31. The first-order valence-corrected chi connectivity index (χ1v) is 8.47. The van der Waals surface area contributed by atoms with Crippen molar-refractivity contribution in [1.29, 1.82) is 0 Å². The third kappa shape index (κ3) is 4.60. The first-order valence-electron chi connectivity index (χ1n) is 6.77. The lowest BCUT2D eigenvalue weighted by atomic mass is 10.4. The molecule has 2 N–H and O–H groups in total. The summed E-state index contributed by atoms with van der Waals surface area (Å²) in [5, 5.41) is 7.12. The number of thiophene rings is 1. The van der Waals surface area contributed by atoms with Gasteiger partial charge in [-0.3, -0.25) is 10.1 Å². The van der Waals surface area contributed by atoms with Crippen LogP contribution in [0, 0.1) is 6.92 Å². The summed E-state index contributed by atoms with van der Waals surface area (Å²) in [6.45, 7) is 3.30. The molecule has 0 radical (unpaired) electrons. The molecule has 2 rings (SSSR count). The van der Waals surface area contributed by atoms with Crippen LogP contribution in [-0.4, -0.2) is 36.0 Å². The molecule has 0 saturated heterocycles. The normalized spacial score (nSPS) is 10.2. The molecular formula is C14H15N3O4S2. The van der Waals surface area contributed by atoms with Gasteiger partial charge < -0.3 is 10.1 Å². The lowest BCUT2D eigenvalue weighted by Gasteiger charge is -2.05. The summed E-state index contributed by atoms with van der Waals surface area (Å²) < 4.78 is 4.92. The van der Waals surface area contributed by atoms with Crippen molar-refractivity contribution in [2.75, 3.05) is 13.2 Å². The van der Waals surface area contributed by atoms with Crippen LogP contribution in [0.3, 0.4) is 0 Å². The van der Waals surface area contributed by atoms with Crippen LogP contribution in [-0.2, 0) is 9.53 Å². The van der Waals surface area contributed by atoms with Gasteiger partial charge in [0.1, 0.15) is 9.88 Å². The highest BCUT2D eigenvalue weighted by Gasteiger charge is 2.19. The van der Waals surface area contributed by atoms with Crippen molar-refractivity contribution >= 4 is 40.6 Å². The number of aromatic nitrogens is 1. The van der Waals surface area contributed by atoms with Gasteiger partial charge in [-0.25, -0.2) is 14.6 Å². The second kappa shape index (κ2) is 7.84. The molecule has 2 aromatic heterocycles. The van der Waals surface area contributed by atoms with Gasteiger partial charge in [-0.1, -0.05) is 6.07 Å². The van der Waals surface area contributed by atoms with E-state index in [2.05, 4.69) is 15.6 Å². The fourth-order valence-corrected chi connectivity index (χ4v) is 3.41. The van der Waals surface area contributed by atoms with Crippen LogP contribution >= 0.6 is 22.7 Å². The third-order valence-electron chi connectivity index (χ3n) is 2.64. The van der Waals surface area contributed by atoms with E-state index in [1.165, 1.54) is 22.7 Å². The minimum absolute atomic E-state index is 0.346.